The third-order valence-electron chi connectivity index (χ3n) is 4.36. The van der Waals surface area contributed by atoms with Crippen LogP contribution in [-0.2, 0) is 9.59 Å². The van der Waals surface area contributed by atoms with Gasteiger partial charge in [-0.15, -0.1) is 0 Å². The van der Waals surface area contributed by atoms with Gasteiger partial charge in [0.1, 0.15) is 5.82 Å². The topological polar surface area (TPSA) is 74.7 Å². The van der Waals surface area contributed by atoms with E-state index in [0.29, 0.717) is 24.9 Å². The minimum atomic E-state index is -0.891. The number of piperidine rings is 1. The van der Waals surface area contributed by atoms with Crippen molar-refractivity contribution in [3.8, 4) is 0 Å². The molecule has 0 aromatic heterocycles. The first-order chi connectivity index (χ1) is 10.9. The van der Waals surface area contributed by atoms with Crippen molar-refractivity contribution in [3.63, 3.8) is 0 Å². The van der Waals surface area contributed by atoms with Gasteiger partial charge in [-0.3, -0.25) is 14.4 Å². The maximum atomic E-state index is 12.8. The molecule has 1 heterocycles. The summed E-state index contributed by atoms with van der Waals surface area (Å²) in [6.07, 6.45) is 1.28. The molecule has 0 saturated carbocycles. The highest BCUT2D eigenvalue weighted by atomic mass is 19.1. The van der Waals surface area contributed by atoms with Gasteiger partial charge in [0.2, 0.25) is 5.91 Å². The summed E-state index contributed by atoms with van der Waals surface area (Å²) in [5.41, 5.74) is 0.370. The molecule has 0 bridgehead atoms. The van der Waals surface area contributed by atoms with Crippen molar-refractivity contribution in [1.29, 1.82) is 0 Å². The van der Waals surface area contributed by atoms with Crippen LogP contribution >= 0.6 is 0 Å². The monoisotopic (exact) mass is 321 g/mol. The summed E-state index contributed by atoms with van der Waals surface area (Å²) < 4.78 is 12.8. The second-order valence-electron chi connectivity index (χ2n) is 5.84. The molecule has 1 N–H and O–H groups in total. The number of carboxylic acids is 1. The van der Waals surface area contributed by atoms with E-state index >= 15 is 0 Å². The zero-order chi connectivity index (χ0) is 17.0. The summed E-state index contributed by atoms with van der Waals surface area (Å²) in [4.78, 5) is 37.0. The number of hydrogen-bond acceptors (Lipinski definition) is 3. The van der Waals surface area contributed by atoms with Crippen LogP contribution in [0.25, 0.3) is 0 Å². The quantitative estimate of drug-likeness (QED) is 0.846. The van der Waals surface area contributed by atoms with Gasteiger partial charge >= 0.3 is 5.97 Å². The van der Waals surface area contributed by atoms with Crippen molar-refractivity contribution < 1.29 is 23.9 Å². The fourth-order valence-corrected chi connectivity index (χ4v) is 2.97. The molecule has 0 radical (unpaired) electrons. The van der Waals surface area contributed by atoms with E-state index in [0.717, 1.165) is 0 Å². The van der Waals surface area contributed by atoms with E-state index < -0.39 is 17.7 Å². The Morgan fingerprint density at radius 3 is 2.48 bits per heavy atom. The molecule has 1 aromatic carbocycles. The smallest absolute Gasteiger partial charge is 0.308 e. The van der Waals surface area contributed by atoms with Crippen molar-refractivity contribution in [1.82, 2.24) is 4.90 Å². The molecule has 1 aliphatic heterocycles. The van der Waals surface area contributed by atoms with E-state index in [9.17, 15) is 23.9 Å². The zero-order valence-electron chi connectivity index (χ0n) is 13.0. The van der Waals surface area contributed by atoms with Gasteiger partial charge in [-0.2, -0.15) is 0 Å². The van der Waals surface area contributed by atoms with Crippen LogP contribution in [0.15, 0.2) is 24.3 Å². The predicted octanol–water partition coefficient (Wildman–Crippen LogP) is 2.50. The van der Waals surface area contributed by atoms with Gasteiger partial charge in [0, 0.05) is 31.0 Å². The fourth-order valence-electron chi connectivity index (χ4n) is 2.97. The molecule has 1 saturated heterocycles. The van der Waals surface area contributed by atoms with E-state index in [2.05, 4.69) is 0 Å². The predicted molar refractivity (Wildman–Crippen MR) is 81.5 cm³/mol. The Bertz CT molecular complexity index is 599. The Balaban J connectivity index is 1.92. The number of aliphatic carboxylic acids is 1. The molecular formula is C17H20FNO4. The van der Waals surface area contributed by atoms with Crippen molar-refractivity contribution in [2.24, 2.45) is 5.92 Å². The number of carbonyl (C=O) groups is 3. The molecule has 0 spiro atoms. The van der Waals surface area contributed by atoms with Crippen molar-refractivity contribution >= 4 is 17.7 Å². The maximum Gasteiger partial charge on any atom is 0.308 e. The molecule has 0 unspecified atom stereocenters. The van der Waals surface area contributed by atoms with E-state index in [1.54, 1.807) is 11.8 Å². The molecule has 0 aliphatic carbocycles. The van der Waals surface area contributed by atoms with E-state index in [1.165, 1.54) is 24.3 Å². The number of Topliss-reactive ketones (excluding diaryl/α,β-unsaturated/α-hetero) is 1. The first kappa shape index (κ1) is 17.1. The Labute approximate surface area is 134 Å². The Hall–Kier alpha value is -2.24. The molecule has 1 aliphatic rings. The number of hydrogen-bond donors (Lipinski definition) is 1. The fraction of sp³-hybridized carbons (Fsp3) is 0.471. The van der Waals surface area contributed by atoms with Crippen LogP contribution in [0.4, 0.5) is 4.39 Å². The minimum absolute atomic E-state index is 0.0332. The van der Waals surface area contributed by atoms with Crippen molar-refractivity contribution in [2.45, 2.75) is 38.6 Å². The Kier molecular flexibility index (Phi) is 5.47. The SMILES string of the molecule is C[C@@H]1[C@H](C(=O)O)CCCN1C(=O)CCC(=O)c1ccc(F)cc1. The summed E-state index contributed by atoms with van der Waals surface area (Å²) in [5.74, 6) is -2.30. The van der Waals surface area contributed by atoms with Crippen LogP contribution in [0.1, 0.15) is 43.0 Å². The number of rotatable bonds is 5. The van der Waals surface area contributed by atoms with E-state index in [-0.39, 0.29) is 30.6 Å². The number of likely N-dealkylation sites (tertiary alicyclic amines) is 1. The highest BCUT2D eigenvalue weighted by Crippen LogP contribution is 2.24. The second-order valence-corrected chi connectivity index (χ2v) is 5.84. The lowest BCUT2D eigenvalue weighted by atomic mass is 9.90. The van der Waals surface area contributed by atoms with E-state index in [4.69, 9.17) is 0 Å². The van der Waals surface area contributed by atoms with Crippen LogP contribution in [0, 0.1) is 11.7 Å². The molecule has 6 heteroatoms. The first-order valence-corrected chi connectivity index (χ1v) is 7.71. The van der Waals surface area contributed by atoms with Gasteiger partial charge in [0.05, 0.1) is 5.92 Å². The third kappa shape index (κ3) is 4.15. The highest BCUT2D eigenvalue weighted by molar-refractivity contribution is 5.98. The molecule has 23 heavy (non-hydrogen) atoms. The summed E-state index contributed by atoms with van der Waals surface area (Å²) >= 11 is 0. The standard InChI is InChI=1S/C17H20FNO4/c1-11-14(17(22)23)3-2-10-19(11)16(21)9-8-15(20)12-4-6-13(18)7-5-12/h4-7,11,14H,2-3,8-10H2,1H3,(H,22,23)/t11-,14-/m1/s1. The van der Waals surface area contributed by atoms with Crippen molar-refractivity contribution in [3.05, 3.63) is 35.6 Å². The number of carbonyl (C=O) groups excluding carboxylic acids is 2. The highest BCUT2D eigenvalue weighted by Gasteiger charge is 2.35. The summed E-state index contributed by atoms with van der Waals surface area (Å²) in [6, 6.07) is 4.84. The summed E-state index contributed by atoms with van der Waals surface area (Å²) in [6.45, 7) is 2.26. The van der Waals surface area contributed by atoms with Crippen LogP contribution in [0.3, 0.4) is 0 Å². The normalized spacial score (nSPS) is 21.0. The largest absolute Gasteiger partial charge is 0.481 e. The molecule has 2 atom stereocenters. The second kappa shape index (κ2) is 7.35. The van der Waals surface area contributed by atoms with Gasteiger partial charge in [-0.05, 0) is 44.0 Å². The maximum absolute atomic E-state index is 12.8. The molecule has 124 valence electrons. The molecule has 1 amide bonds. The summed E-state index contributed by atoms with van der Waals surface area (Å²) in [5, 5.41) is 9.17. The van der Waals surface area contributed by atoms with Gasteiger partial charge < -0.3 is 10.0 Å². The van der Waals surface area contributed by atoms with Gasteiger partial charge in [-0.25, -0.2) is 4.39 Å². The molecule has 5 nitrogen and oxygen atoms in total. The lowest BCUT2D eigenvalue weighted by Gasteiger charge is -2.37. The first-order valence-electron chi connectivity index (χ1n) is 7.71. The number of carboxylic acid groups (broad SMARTS) is 1. The van der Waals surface area contributed by atoms with Gasteiger partial charge in [0.25, 0.3) is 0 Å². The molecule has 1 aromatic rings. The van der Waals surface area contributed by atoms with Crippen LogP contribution in [0.5, 0.6) is 0 Å². The Morgan fingerprint density at radius 2 is 1.87 bits per heavy atom. The molecule has 1 fully saturated rings. The van der Waals surface area contributed by atoms with E-state index in [1.807, 2.05) is 0 Å². The van der Waals surface area contributed by atoms with Gasteiger partial charge in [0.15, 0.2) is 5.78 Å². The average Bonchev–Trinajstić information content (AvgIpc) is 2.53. The third-order valence-corrected chi connectivity index (χ3v) is 4.36. The van der Waals surface area contributed by atoms with Crippen LogP contribution < -0.4 is 0 Å². The zero-order valence-corrected chi connectivity index (χ0v) is 13.0. The van der Waals surface area contributed by atoms with Crippen LogP contribution in [-0.4, -0.2) is 40.3 Å². The molecular weight excluding hydrogens is 301 g/mol. The Morgan fingerprint density at radius 1 is 1.22 bits per heavy atom. The molecule has 2 rings (SSSR count). The number of ketones is 1. The number of nitrogens with zero attached hydrogens (tertiary/aromatic N) is 1. The van der Waals surface area contributed by atoms with Crippen molar-refractivity contribution in [2.75, 3.05) is 6.54 Å². The number of amides is 1. The lowest BCUT2D eigenvalue weighted by Crippen LogP contribution is -2.49. The average molecular weight is 321 g/mol. The minimum Gasteiger partial charge on any atom is -0.481 e. The lowest BCUT2D eigenvalue weighted by molar-refractivity contribution is -0.149. The van der Waals surface area contributed by atoms with Crippen LogP contribution in [0.2, 0.25) is 0 Å². The number of benzene rings is 1. The number of halogens is 1. The van der Waals surface area contributed by atoms with Gasteiger partial charge in [-0.1, -0.05) is 0 Å². The summed E-state index contributed by atoms with van der Waals surface area (Å²) in [7, 11) is 0.